The minimum absolute atomic E-state index is 0.0606. The van der Waals surface area contributed by atoms with Crippen LogP contribution in [0.1, 0.15) is 56.9 Å². The molecule has 208 valence electrons. The molecule has 0 fully saturated rings. The van der Waals surface area contributed by atoms with Crippen molar-refractivity contribution in [3.05, 3.63) is 95.9 Å². The predicted molar refractivity (Wildman–Crippen MR) is 156 cm³/mol. The fourth-order valence-electron chi connectivity index (χ4n) is 4.45. The van der Waals surface area contributed by atoms with Crippen LogP contribution in [0.25, 0.3) is 16.9 Å². The molecule has 2 heterocycles. The molecule has 2 amide bonds. The number of pyridine rings is 1. The lowest BCUT2D eigenvalue weighted by atomic mass is 9.87. The average molecular weight is 540 g/mol. The van der Waals surface area contributed by atoms with Crippen LogP contribution in [-0.2, 0) is 27.8 Å². The number of phenolic OH excluding ortho intramolecular Hbond substituents is 1. The van der Waals surface area contributed by atoms with E-state index in [1.54, 1.807) is 24.5 Å². The Hall–Kier alpha value is -4.30. The van der Waals surface area contributed by atoms with Crippen molar-refractivity contribution in [1.82, 2.24) is 20.1 Å². The first kappa shape index (κ1) is 28.7. The maximum Gasteiger partial charge on any atom is 0.243 e. The van der Waals surface area contributed by atoms with E-state index in [2.05, 4.69) is 61.4 Å². The standard InChI is InChI=1S/C32H37N5O3/c1-32(2,3)24-10-12-25(13-11-24)37-26(21-29(36-37)23-16-18-34-19-17-23)6-4-5-7-30(39)35-31(40)28(33)20-22-8-14-27(38)15-9-22/h8-19,21,28,38H,4-7,20,33H2,1-3H3,(H,35,39,40)/t28-/m0/s1. The summed E-state index contributed by atoms with van der Waals surface area (Å²) in [5.41, 5.74) is 12.0. The van der Waals surface area contributed by atoms with Gasteiger partial charge in [0.1, 0.15) is 5.75 Å². The maximum atomic E-state index is 12.4. The van der Waals surface area contributed by atoms with Crippen molar-refractivity contribution >= 4 is 11.8 Å². The zero-order valence-corrected chi connectivity index (χ0v) is 23.3. The summed E-state index contributed by atoms with van der Waals surface area (Å²) in [7, 11) is 0. The van der Waals surface area contributed by atoms with Crippen LogP contribution in [0, 0.1) is 0 Å². The second kappa shape index (κ2) is 12.7. The quantitative estimate of drug-likeness (QED) is 0.247. The second-order valence-corrected chi connectivity index (χ2v) is 11.1. The summed E-state index contributed by atoms with van der Waals surface area (Å²) in [6.45, 7) is 6.57. The topological polar surface area (TPSA) is 123 Å². The van der Waals surface area contributed by atoms with Gasteiger partial charge < -0.3 is 10.8 Å². The van der Waals surface area contributed by atoms with E-state index in [1.165, 1.54) is 17.7 Å². The Morgan fingerprint density at radius 3 is 2.30 bits per heavy atom. The van der Waals surface area contributed by atoms with Gasteiger partial charge in [-0.2, -0.15) is 5.10 Å². The molecule has 0 saturated heterocycles. The van der Waals surface area contributed by atoms with Crippen LogP contribution in [0.4, 0.5) is 0 Å². The highest BCUT2D eigenvalue weighted by molar-refractivity contribution is 5.97. The van der Waals surface area contributed by atoms with E-state index in [4.69, 9.17) is 10.8 Å². The Balaban J connectivity index is 1.36. The van der Waals surface area contributed by atoms with E-state index in [0.29, 0.717) is 6.42 Å². The summed E-state index contributed by atoms with van der Waals surface area (Å²) >= 11 is 0. The number of rotatable bonds is 10. The third kappa shape index (κ3) is 7.64. The summed E-state index contributed by atoms with van der Waals surface area (Å²) in [4.78, 5) is 28.9. The molecule has 4 rings (SSSR count). The predicted octanol–water partition coefficient (Wildman–Crippen LogP) is 4.86. The van der Waals surface area contributed by atoms with Gasteiger partial charge in [0.25, 0.3) is 0 Å². The lowest BCUT2D eigenvalue weighted by molar-refractivity contribution is -0.131. The van der Waals surface area contributed by atoms with Crippen LogP contribution in [0.2, 0.25) is 0 Å². The van der Waals surface area contributed by atoms with Crippen LogP contribution in [0.3, 0.4) is 0 Å². The fraction of sp³-hybridized carbons (Fsp3) is 0.312. The lowest BCUT2D eigenvalue weighted by Gasteiger charge is -2.19. The van der Waals surface area contributed by atoms with Gasteiger partial charge in [0.2, 0.25) is 11.8 Å². The summed E-state index contributed by atoms with van der Waals surface area (Å²) < 4.78 is 1.97. The summed E-state index contributed by atoms with van der Waals surface area (Å²) in [6, 6.07) is 20.1. The number of phenols is 1. The van der Waals surface area contributed by atoms with E-state index in [-0.39, 0.29) is 29.9 Å². The van der Waals surface area contributed by atoms with E-state index in [9.17, 15) is 14.7 Å². The number of amides is 2. The molecule has 0 saturated carbocycles. The van der Waals surface area contributed by atoms with Crippen LogP contribution >= 0.6 is 0 Å². The van der Waals surface area contributed by atoms with Crippen LogP contribution in [0.5, 0.6) is 5.75 Å². The Kier molecular flexibility index (Phi) is 9.11. The van der Waals surface area contributed by atoms with Gasteiger partial charge in [-0.25, -0.2) is 4.68 Å². The highest BCUT2D eigenvalue weighted by atomic mass is 16.3. The largest absolute Gasteiger partial charge is 0.508 e. The number of hydrogen-bond donors (Lipinski definition) is 3. The SMILES string of the molecule is CC(C)(C)c1ccc(-n2nc(-c3ccncc3)cc2CCCCC(=O)NC(=O)[C@@H](N)Cc2ccc(O)cc2)cc1. The molecule has 0 spiro atoms. The number of unbranched alkanes of at least 4 members (excludes halogenated alkanes) is 1. The van der Waals surface area contributed by atoms with Crippen LogP contribution < -0.4 is 11.1 Å². The number of nitrogens with zero attached hydrogens (tertiary/aromatic N) is 3. The lowest BCUT2D eigenvalue weighted by Crippen LogP contribution is -2.44. The number of benzene rings is 2. The van der Waals surface area contributed by atoms with Gasteiger partial charge in [0.15, 0.2) is 0 Å². The summed E-state index contributed by atoms with van der Waals surface area (Å²) in [5, 5.41) is 16.7. The first-order valence-electron chi connectivity index (χ1n) is 13.6. The molecule has 0 aliphatic heterocycles. The van der Waals surface area contributed by atoms with Crippen molar-refractivity contribution in [2.75, 3.05) is 0 Å². The second-order valence-electron chi connectivity index (χ2n) is 11.1. The van der Waals surface area contributed by atoms with Crippen LogP contribution in [-0.4, -0.2) is 37.7 Å². The van der Waals surface area contributed by atoms with Crippen molar-refractivity contribution in [3.63, 3.8) is 0 Å². The molecule has 0 aliphatic carbocycles. The molecule has 0 radical (unpaired) electrons. The number of aromatic nitrogens is 3. The van der Waals surface area contributed by atoms with E-state index < -0.39 is 11.9 Å². The van der Waals surface area contributed by atoms with Gasteiger partial charge in [-0.1, -0.05) is 45.0 Å². The highest BCUT2D eigenvalue weighted by Crippen LogP contribution is 2.26. The molecule has 4 N–H and O–H groups in total. The number of hydrogen-bond acceptors (Lipinski definition) is 6. The Bertz CT molecular complexity index is 1420. The van der Waals surface area contributed by atoms with E-state index in [0.717, 1.165) is 41.0 Å². The number of aryl methyl sites for hydroxylation is 1. The van der Waals surface area contributed by atoms with Crippen molar-refractivity contribution in [1.29, 1.82) is 0 Å². The number of aromatic hydroxyl groups is 1. The first-order chi connectivity index (χ1) is 19.1. The normalized spacial score (nSPS) is 12.2. The van der Waals surface area contributed by atoms with Gasteiger partial charge in [-0.3, -0.25) is 19.9 Å². The minimum Gasteiger partial charge on any atom is -0.508 e. The van der Waals surface area contributed by atoms with Crippen molar-refractivity contribution in [2.24, 2.45) is 5.73 Å². The van der Waals surface area contributed by atoms with E-state index in [1.807, 2.05) is 16.8 Å². The third-order valence-electron chi connectivity index (χ3n) is 6.82. The Morgan fingerprint density at radius 2 is 1.65 bits per heavy atom. The molecule has 0 aliphatic rings. The first-order valence-corrected chi connectivity index (χ1v) is 13.6. The van der Waals surface area contributed by atoms with Gasteiger partial charge >= 0.3 is 0 Å². The summed E-state index contributed by atoms with van der Waals surface area (Å²) in [6.07, 6.45) is 6.10. The number of imide groups is 1. The molecular formula is C32H37N5O3. The molecule has 40 heavy (non-hydrogen) atoms. The number of nitrogens with two attached hydrogens (primary N) is 1. The fourth-order valence-corrected chi connectivity index (χ4v) is 4.45. The number of nitrogens with one attached hydrogen (secondary N) is 1. The highest BCUT2D eigenvalue weighted by Gasteiger charge is 2.18. The Labute approximate surface area is 235 Å². The number of carbonyl (C=O) groups excluding carboxylic acids is 2. The molecule has 2 aromatic heterocycles. The van der Waals surface area contributed by atoms with Crippen molar-refractivity contribution in [2.45, 2.75) is 64.3 Å². The monoisotopic (exact) mass is 539 g/mol. The van der Waals surface area contributed by atoms with Gasteiger partial charge in [0, 0.05) is 30.1 Å². The zero-order valence-electron chi connectivity index (χ0n) is 23.3. The van der Waals surface area contributed by atoms with E-state index >= 15 is 0 Å². The Morgan fingerprint density at radius 1 is 0.975 bits per heavy atom. The maximum absolute atomic E-state index is 12.4. The van der Waals surface area contributed by atoms with Gasteiger partial charge in [-0.15, -0.1) is 0 Å². The molecular weight excluding hydrogens is 502 g/mol. The molecule has 8 nitrogen and oxygen atoms in total. The molecule has 4 aromatic rings. The molecule has 2 aromatic carbocycles. The van der Waals surface area contributed by atoms with Crippen molar-refractivity contribution in [3.8, 4) is 22.7 Å². The molecule has 1 atom stereocenters. The summed E-state index contributed by atoms with van der Waals surface area (Å²) in [5.74, 6) is -0.696. The van der Waals surface area contributed by atoms with Gasteiger partial charge in [0.05, 0.1) is 17.4 Å². The average Bonchev–Trinajstić information content (AvgIpc) is 3.36. The molecule has 0 unspecified atom stereocenters. The van der Waals surface area contributed by atoms with Crippen molar-refractivity contribution < 1.29 is 14.7 Å². The molecule has 8 heteroatoms. The van der Waals surface area contributed by atoms with Crippen LogP contribution in [0.15, 0.2) is 79.1 Å². The minimum atomic E-state index is -0.848. The van der Waals surface area contributed by atoms with Gasteiger partial charge in [-0.05, 0) is 84.7 Å². The number of carbonyl (C=O) groups is 2. The smallest absolute Gasteiger partial charge is 0.243 e. The zero-order chi connectivity index (χ0) is 28.7. The molecule has 0 bridgehead atoms. The third-order valence-corrected chi connectivity index (χ3v) is 6.82.